The Balaban J connectivity index is 2.41. The molecule has 1 N–H and O–H groups in total. The second-order valence-corrected chi connectivity index (χ2v) is 4.29. The highest BCUT2D eigenvalue weighted by atomic mass is 32.1. The van der Waals surface area contributed by atoms with Crippen LogP contribution < -0.4 is 0 Å². The molecule has 0 aliphatic heterocycles. The lowest BCUT2D eigenvalue weighted by atomic mass is 10.1. The first kappa shape index (κ1) is 11.2. The summed E-state index contributed by atoms with van der Waals surface area (Å²) in [5.41, 5.74) is 2.45. The number of thiazole rings is 1. The Hall–Kier alpha value is -1.33. The smallest absolute Gasteiger partial charge is 0.126 e. The maximum atomic E-state index is 13.0. The second-order valence-electron chi connectivity index (χ2n) is 3.41. The van der Waals surface area contributed by atoms with Crippen LogP contribution in [-0.2, 0) is 0 Å². The van der Waals surface area contributed by atoms with Crippen LogP contribution in [0.15, 0.2) is 23.7 Å². The zero-order chi connectivity index (χ0) is 11.7. The fourth-order valence-corrected chi connectivity index (χ4v) is 2.27. The standard InChI is InChI=1S/C11H9F2NOS/c1-6-11(16-5-14-6)10(15)7-2-8(12)4-9(13)3-7/h2-5,10,15H,1H3. The van der Waals surface area contributed by atoms with Gasteiger partial charge in [-0.15, -0.1) is 11.3 Å². The van der Waals surface area contributed by atoms with Gasteiger partial charge in [-0.2, -0.15) is 0 Å². The molecule has 16 heavy (non-hydrogen) atoms. The molecule has 2 nitrogen and oxygen atoms in total. The highest BCUT2D eigenvalue weighted by molar-refractivity contribution is 7.09. The van der Waals surface area contributed by atoms with Crippen LogP contribution in [-0.4, -0.2) is 10.1 Å². The molecule has 5 heteroatoms. The molecule has 1 aromatic heterocycles. The first-order chi connectivity index (χ1) is 7.58. The van der Waals surface area contributed by atoms with E-state index in [9.17, 15) is 13.9 Å². The van der Waals surface area contributed by atoms with Crippen molar-refractivity contribution in [1.82, 2.24) is 4.98 Å². The van der Waals surface area contributed by atoms with E-state index in [4.69, 9.17) is 0 Å². The molecule has 2 rings (SSSR count). The number of rotatable bonds is 2. The minimum atomic E-state index is -1.03. The summed E-state index contributed by atoms with van der Waals surface area (Å²) >= 11 is 1.26. The van der Waals surface area contributed by atoms with Gasteiger partial charge in [0, 0.05) is 6.07 Å². The van der Waals surface area contributed by atoms with E-state index >= 15 is 0 Å². The summed E-state index contributed by atoms with van der Waals surface area (Å²) in [7, 11) is 0. The van der Waals surface area contributed by atoms with Crippen LogP contribution in [0.25, 0.3) is 0 Å². The molecule has 0 amide bonds. The highest BCUT2D eigenvalue weighted by Gasteiger charge is 2.16. The molecule has 84 valence electrons. The number of aliphatic hydroxyl groups excluding tert-OH is 1. The van der Waals surface area contributed by atoms with Crippen LogP contribution in [0.5, 0.6) is 0 Å². The predicted octanol–water partition coefficient (Wildman–Crippen LogP) is 2.81. The van der Waals surface area contributed by atoms with Crippen molar-refractivity contribution in [1.29, 1.82) is 0 Å². The fourth-order valence-electron chi connectivity index (χ4n) is 1.46. The van der Waals surface area contributed by atoms with Crippen molar-refractivity contribution in [3.8, 4) is 0 Å². The molecule has 0 saturated heterocycles. The van der Waals surface area contributed by atoms with Crippen LogP contribution in [0.1, 0.15) is 22.2 Å². The Morgan fingerprint density at radius 2 is 1.88 bits per heavy atom. The van der Waals surface area contributed by atoms with Gasteiger partial charge in [-0.1, -0.05) is 0 Å². The van der Waals surface area contributed by atoms with Gasteiger partial charge in [0.25, 0.3) is 0 Å². The summed E-state index contributed by atoms with van der Waals surface area (Å²) < 4.78 is 25.9. The van der Waals surface area contributed by atoms with E-state index in [1.54, 1.807) is 12.4 Å². The molecule has 0 fully saturated rings. The Kier molecular flexibility index (Phi) is 2.98. The minimum absolute atomic E-state index is 0.199. The largest absolute Gasteiger partial charge is 0.383 e. The molecular formula is C11H9F2NOS. The van der Waals surface area contributed by atoms with Gasteiger partial charge in [0.15, 0.2) is 0 Å². The Labute approximate surface area is 95.2 Å². The summed E-state index contributed by atoms with van der Waals surface area (Å²) in [4.78, 5) is 4.58. The number of benzene rings is 1. The Morgan fingerprint density at radius 1 is 1.25 bits per heavy atom. The second kappa shape index (κ2) is 4.27. The Bertz CT molecular complexity index is 492. The molecule has 1 aromatic carbocycles. The van der Waals surface area contributed by atoms with Gasteiger partial charge in [0.2, 0.25) is 0 Å². The van der Waals surface area contributed by atoms with E-state index in [0.717, 1.165) is 18.2 Å². The molecule has 0 bridgehead atoms. The molecule has 1 unspecified atom stereocenters. The number of aryl methyl sites for hydroxylation is 1. The lowest BCUT2D eigenvalue weighted by Gasteiger charge is -2.09. The normalized spacial score (nSPS) is 12.8. The quantitative estimate of drug-likeness (QED) is 0.877. The van der Waals surface area contributed by atoms with Crippen LogP contribution in [0.3, 0.4) is 0 Å². The van der Waals surface area contributed by atoms with E-state index in [1.807, 2.05) is 0 Å². The van der Waals surface area contributed by atoms with E-state index in [0.29, 0.717) is 10.6 Å². The van der Waals surface area contributed by atoms with Gasteiger partial charge in [0.05, 0.1) is 16.1 Å². The molecule has 0 spiro atoms. The molecule has 0 saturated carbocycles. The average molecular weight is 241 g/mol. The van der Waals surface area contributed by atoms with Gasteiger partial charge in [-0.25, -0.2) is 13.8 Å². The molecule has 1 heterocycles. The monoisotopic (exact) mass is 241 g/mol. The number of nitrogens with zero attached hydrogens (tertiary/aromatic N) is 1. The summed E-state index contributed by atoms with van der Waals surface area (Å²) in [6, 6.07) is 3.01. The third kappa shape index (κ3) is 2.10. The Morgan fingerprint density at radius 3 is 2.38 bits per heavy atom. The van der Waals surface area contributed by atoms with Gasteiger partial charge in [0.1, 0.15) is 17.7 Å². The van der Waals surface area contributed by atoms with Crippen LogP contribution >= 0.6 is 11.3 Å². The maximum absolute atomic E-state index is 13.0. The number of aromatic nitrogens is 1. The molecule has 0 aliphatic carbocycles. The van der Waals surface area contributed by atoms with E-state index < -0.39 is 17.7 Å². The predicted molar refractivity (Wildman–Crippen MR) is 57.3 cm³/mol. The molecule has 0 radical (unpaired) electrons. The zero-order valence-electron chi connectivity index (χ0n) is 8.45. The van der Waals surface area contributed by atoms with Crippen molar-refractivity contribution in [2.45, 2.75) is 13.0 Å². The van der Waals surface area contributed by atoms with Gasteiger partial charge < -0.3 is 5.11 Å². The van der Waals surface area contributed by atoms with Crippen molar-refractivity contribution in [3.63, 3.8) is 0 Å². The lowest BCUT2D eigenvalue weighted by molar-refractivity contribution is 0.222. The number of hydrogen-bond acceptors (Lipinski definition) is 3. The first-order valence-corrected chi connectivity index (χ1v) is 5.50. The molecule has 2 aromatic rings. The lowest BCUT2D eigenvalue weighted by Crippen LogP contribution is -2.00. The maximum Gasteiger partial charge on any atom is 0.126 e. The van der Waals surface area contributed by atoms with Crippen molar-refractivity contribution >= 4 is 11.3 Å². The van der Waals surface area contributed by atoms with Crippen LogP contribution in [0.2, 0.25) is 0 Å². The van der Waals surface area contributed by atoms with Crippen molar-refractivity contribution in [3.05, 3.63) is 51.5 Å². The number of aliphatic hydroxyl groups is 1. The molecule has 1 atom stereocenters. The third-order valence-electron chi connectivity index (χ3n) is 2.23. The minimum Gasteiger partial charge on any atom is -0.383 e. The average Bonchev–Trinajstić information content (AvgIpc) is 2.62. The summed E-state index contributed by atoms with van der Waals surface area (Å²) in [6.45, 7) is 1.74. The van der Waals surface area contributed by atoms with Crippen LogP contribution in [0, 0.1) is 18.6 Å². The van der Waals surface area contributed by atoms with Gasteiger partial charge in [-0.3, -0.25) is 0 Å². The summed E-state index contributed by atoms with van der Waals surface area (Å²) in [5, 5.41) is 9.95. The van der Waals surface area contributed by atoms with Crippen LogP contribution in [0.4, 0.5) is 8.78 Å². The number of halogens is 2. The van der Waals surface area contributed by atoms with E-state index in [2.05, 4.69) is 4.98 Å². The summed E-state index contributed by atoms with van der Waals surface area (Å²) in [5.74, 6) is -1.40. The van der Waals surface area contributed by atoms with Gasteiger partial charge >= 0.3 is 0 Å². The first-order valence-electron chi connectivity index (χ1n) is 4.62. The number of hydrogen-bond donors (Lipinski definition) is 1. The van der Waals surface area contributed by atoms with Crippen molar-refractivity contribution < 1.29 is 13.9 Å². The van der Waals surface area contributed by atoms with E-state index in [-0.39, 0.29) is 5.56 Å². The van der Waals surface area contributed by atoms with Gasteiger partial charge in [-0.05, 0) is 24.6 Å². The fraction of sp³-hybridized carbons (Fsp3) is 0.182. The van der Waals surface area contributed by atoms with Crippen molar-refractivity contribution in [2.75, 3.05) is 0 Å². The SMILES string of the molecule is Cc1ncsc1C(O)c1cc(F)cc(F)c1. The summed E-state index contributed by atoms with van der Waals surface area (Å²) in [6.07, 6.45) is -1.03. The topological polar surface area (TPSA) is 33.1 Å². The third-order valence-corrected chi connectivity index (χ3v) is 3.22. The highest BCUT2D eigenvalue weighted by Crippen LogP contribution is 2.28. The zero-order valence-corrected chi connectivity index (χ0v) is 9.26. The molecule has 0 aliphatic rings. The van der Waals surface area contributed by atoms with E-state index in [1.165, 1.54) is 11.3 Å². The van der Waals surface area contributed by atoms with Crippen molar-refractivity contribution in [2.24, 2.45) is 0 Å². The molecular weight excluding hydrogens is 232 g/mol.